The summed E-state index contributed by atoms with van der Waals surface area (Å²) in [6.07, 6.45) is 0. The van der Waals surface area contributed by atoms with Crippen molar-refractivity contribution in [2.45, 2.75) is 26.4 Å². The number of nitrogens with zero attached hydrogens (tertiary/aromatic N) is 3. The molecular weight excluding hydrogens is 397 g/mol. The van der Waals surface area contributed by atoms with E-state index in [0.717, 1.165) is 11.1 Å². The van der Waals surface area contributed by atoms with Crippen molar-refractivity contribution in [2.75, 3.05) is 31.2 Å². The molecule has 162 valence electrons. The first kappa shape index (κ1) is 21.1. The molecular formula is C24H26FN3O3. The molecule has 2 heterocycles. The molecule has 4 rings (SSSR count). The number of hydrogen-bond acceptors (Lipinski definition) is 5. The fraction of sp³-hybridized carbons (Fsp3) is 0.333. The Morgan fingerprint density at radius 3 is 2.42 bits per heavy atom. The predicted octanol–water partition coefficient (Wildman–Crippen LogP) is 4.37. The van der Waals surface area contributed by atoms with E-state index in [-0.39, 0.29) is 17.8 Å². The van der Waals surface area contributed by atoms with Crippen molar-refractivity contribution >= 4 is 11.8 Å². The Morgan fingerprint density at radius 1 is 1.10 bits per heavy atom. The van der Waals surface area contributed by atoms with Crippen molar-refractivity contribution in [1.82, 2.24) is 10.1 Å². The van der Waals surface area contributed by atoms with Crippen LogP contribution in [0.25, 0.3) is 11.3 Å². The Kier molecular flexibility index (Phi) is 6.32. The van der Waals surface area contributed by atoms with Crippen LogP contribution in [-0.2, 0) is 11.3 Å². The van der Waals surface area contributed by atoms with E-state index >= 15 is 0 Å². The molecule has 0 atom stereocenters. The summed E-state index contributed by atoms with van der Waals surface area (Å²) in [5, 5.41) is 4.32. The van der Waals surface area contributed by atoms with Crippen LogP contribution < -0.4 is 4.90 Å². The number of hydrogen-bond donors (Lipinski definition) is 0. The van der Waals surface area contributed by atoms with Gasteiger partial charge < -0.3 is 19.1 Å². The summed E-state index contributed by atoms with van der Waals surface area (Å²) >= 11 is 0. The molecule has 0 spiro atoms. The van der Waals surface area contributed by atoms with Crippen LogP contribution in [0, 0.1) is 5.82 Å². The first-order chi connectivity index (χ1) is 15.0. The van der Waals surface area contributed by atoms with Gasteiger partial charge in [-0.2, -0.15) is 0 Å². The number of ether oxygens (including phenoxy) is 1. The van der Waals surface area contributed by atoms with Crippen LogP contribution >= 0.6 is 0 Å². The molecule has 0 bridgehead atoms. The quantitative estimate of drug-likeness (QED) is 0.589. The zero-order valence-electron chi connectivity index (χ0n) is 17.8. The van der Waals surface area contributed by atoms with Crippen molar-refractivity contribution in [3.63, 3.8) is 0 Å². The Hall–Kier alpha value is -3.19. The second-order valence-corrected chi connectivity index (χ2v) is 7.81. The summed E-state index contributed by atoms with van der Waals surface area (Å²) in [6.45, 7) is 6.86. The Labute approximate surface area is 181 Å². The number of halogens is 1. The molecule has 1 saturated heterocycles. The maximum Gasteiger partial charge on any atom is 0.254 e. The molecule has 3 aromatic rings. The maximum atomic E-state index is 13.5. The third-order valence-electron chi connectivity index (χ3n) is 5.42. The van der Waals surface area contributed by atoms with Gasteiger partial charge in [-0.25, -0.2) is 4.39 Å². The lowest BCUT2D eigenvalue weighted by Crippen LogP contribution is -2.39. The van der Waals surface area contributed by atoms with Gasteiger partial charge in [0, 0.05) is 30.3 Å². The zero-order chi connectivity index (χ0) is 21.8. The molecule has 31 heavy (non-hydrogen) atoms. The molecule has 6 nitrogen and oxygen atoms in total. The number of anilines is 1. The van der Waals surface area contributed by atoms with Crippen molar-refractivity contribution in [2.24, 2.45) is 0 Å². The summed E-state index contributed by atoms with van der Waals surface area (Å²) in [5.74, 6) is 0.259. The van der Waals surface area contributed by atoms with Gasteiger partial charge in [-0.3, -0.25) is 4.79 Å². The predicted molar refractivity (Wildman–Crippen MR) is 116 cm³/mol. The molecule has 0 N–H and O–H groups in total. The maximum absolute atomic E-state index is 13.5. The van der Waals surface area contributed by atoms with Crippen LogP contribution in [0.5, 0.6) is 0 Å². The first-order valence-corrected chi connectivity index (χ1v) is 10.5. The number of morpholine rings is 1. The minimum absolute atomic E-state index is 0.0405. The lowest BCUT2D eigenvalue weighted by Gasteiger charge is -2.30. The minimum Gasteiger partial charge on any atom is -0.378 e. The summed E-state index contributed by atoms with van der Waals surface area (Å²) in [5.41, 5.74) is 2.80. The SMILES string of the molecule is CC(C)N(Cc1c(-c2ccc(F)cc2)noc1N1CCOCC1)C(=O)c1ccccc1. The van der Waals surface area contributed by atoms with Gasteiger partial charge in [0.2, 0.25) is 5.88 Å². The molecule has 0 radical (unpaired) electrons. The molecule has 0 aliphatic carbocycles. The molecule has 7 heteroatoms. The van der Waals surface area contributed by atoms with E-state index in [1.165, 1.54) is 12.1 Å². The van der Waals surface area contributed by atoms with E-state index in [0.29, 0.717) is 50.0 Å². The van der Waals surface area contributed by atoms with Gasteiger partial charge in [0.1, 0.15) is 11.5 Å². The van der Waals surface area contributed by atoms with E-state index in [1.54, 1.807) is 17.0 Å². The average molecular weight is 423 g/mol. The van der Waals surface area contributed by atoms with Gasteiger partial charge in [0.25, 0.3) is 5.91 Å². The van der Waals surface area contributed by atoms with Gasteiger partial charge in [0.15, 0.2) is 0 Å². The van der Waals surface area contributed by atoms with E-state index in [9.17, 15) is 9.18 Å². The highest BCUT2D eigenvalue weighted by Crippen LogP contribution is 2.33. The normalized spacial score (nSPS) is 14.1. The van der Waals surface area contributed by atoms with E-state index in [2.05, 4.69) is 10.1 Å². The summed E-state index contributed by atoms with van der Waals surface area (Å²) in [4.78, 5) is 17.2. The van der Waals surface area contributed by atoms with Gasteiger partial charge in [-0.15, -0.1) is 0 Å². The minimum atomic E-state index is -0.315. The third-order valence-corrected chi connectivity index (χ3v) is 5.42. The molecule has 0 saturated carbocycles. The number of carbonyl (C=O) groups is 1. The molecule has 1 aliphatic heterocycles. The van der Waals surface area contributed by atoms with Crippen molar-refractivity contribution < 1.29 is 18.4 Å². The molecule has 1 fully saturated rings. The lowest BCUT2D eigenvalue weighted by molar-refractivity contribution is 0.0690. The summed E-state index contributed by atoms with van der Waals surface area (Å²) < 4.78 is 24.7. The van der Waals surface area contributed by atoms with E-state index in [1.807, 2.05) is 44.2 Å². The average Bonchev–Trinajstić information content (AvgIpc) is 3.22. The van der Waals surface area contributed by atoms with Gasteiger partial charge in [-0.1, -0.05) is 23.4 Å². The fourth-order valence-electron chi connectivity index (χ4n) is 3.70. The smallest absolute Gasteiger partial charge is 0.254 e. The standard InChI is InChI=1S/C24H26FN3O3/c1-17(2)28(23(29)19-6-4-3-5-7-19)16-21-22(18-8-10-20(25)11-9-18)26-31-24(21)27-12-14-30-15-13-27/h3-11,17H,12-16H2,1-2H3. The monoisotopic (exact) mass is 423 g/mol. The van der Waals surface area contributed by atoms with Crippen LogP contribution in [0.15, 0.2) is 59.1 Å². The molecule has 2 aromatic carbocycles. The van der Waals surface area contributed by atoms with E-state index < -0.39 is 0 Å². The molecule has 1 amide bonds. The second kappa shape index (κ2) is 9.31. The van der Waals surface area contributed by atoms with Crippen molar-refractivity contribution in [3.8, 4) is 11.3 Å². The largest absolute Gasteiger partial charge is 0.378 e. The Bertz CT molecular complexity index is 1010. The highest BCUT2D eigenvalue weighted by atomic mass is 19.1. The zero-order valence-corrected chi connectivity index (χ0v) is 17.8. The summed E-state index contributed by atoms with van der Waals surface area (Å²) in [6, 6.07) is 15.3. The number of carbonyl (C=O) groups excluding carboxylic acids is 1. The molecule has 1 aromatic heterocycles. The lowest BCUT2D eigenvalue weighted by atomic mass is 10.0. The highest BCUT2D eigenvalue weighted by molar-refractivity contribution is 5.94. The molecule has 0 unspecified atom stereocenters. The molecule has 1 aliphatic rings. The van der Waals surface area contributed by atoms with Crippen LogP contribution in [0.3, 0.4) is 0 Å². The number of amides is 1. The van der Waals surface area contributed by atoms with Crippen LogP contribution in [0.2, 0.25) is 0 Å². The van der Waals surface area contributed by atoms with Crippen LogP contribution in [0.1, 0.15) is 29.8 Å². The summed E-state index contributed by atoms with van der Waals surface area (Å²) in [7, 11) is 0. The number of aromatic nitrogens is 1. The Balaban J connectivity index is 1.73. The van der Waals surface area contributed by atoms with Gasteiger partial charge in [0.05, 0.1) is 25.3 Å². The van der Waals surface area contributed by atoms with E-state index in [4.69, 9.17) is 9.26 Å². The van der Waals surface area contributed by atoms with Crippen molar-refractivity contribution in [3.05, 3.63) is 71.5 Å². The number of rotatable bonds is 6. The van der Waals surface area contributed by atoms with Gasteiger partial charge in [-0.05, 0) is 50.2 Å². The third kappa shape index (κ3) is 4.61. The fourth-order valence-corrected chi connectivity index (χ4v) is 3.70. The topological polar surface area (TPSA) is 58.8 Å². The number of benzene rings is 2. The second-order valence-electron chi connectivity index (χ2n) is 7.81. The Morgan fingerprint density at radius 2 is 1.77 bits per heavy atom. The van der Waals surface area contributed by atoms with Crippen LogP contribution in [0.4, 0.5) is 10.3 Å². The van der Waals surface area contributed by atoms with Crippen LogP contribution in [-0.4, -0.2) is 48.3 Å². The van der Waals surface area contributed by atoms with Crippen molar-refractivity contribution in [1.29, 1.82) is 0 Å². The van der Waals surface area contributed by atoms with Gasteiger partial charge >= 0.3 is 0 Å². The highest BCUT2D eigenvalue weighted by Gasteiger charge is 2.28. The first-order valence-electron chi connectivity index (χ1n) is 10.5.